The van der Waals surface area contributed by atoms with Crippen LogP contribution >= 0.6 is 0 Å². The molecule has 0 amide bonds. The van der Waals surface area contributed by atoms with Gasteiger partial charge >= 0.3 is 5.97 Å². The van der Waals surface area contributed by atoms with Crippen molar-refractivity contribution in [3.8, 4) is 23.0 Å². The Morgan fingerprint density at radius 3 is 2.28 bits per heavy atom. The molecule has 0 fully saturated rings. The van der Waals surface area contributed by atoms with Gasteiger partial charge in [0.1, 0.15) is 17.4 Å². The van der Waals surface area contributed by atoms with E-state index in [4.69, 9.17) is 23.9 Å². The largest absolute Gasteiger partial charge is 0.493 e. The van der Waals surface area contributed by atoms with Crippen LogP contribution in [0.5, 0.6) is 23.0 Å². The number of nitrogens with zero attached hydrogens (tertiary/aromatic N) is 1. The maximum absolute atomic E-state index is 13.8. The molecule has 200 valence electrons. The zero-order valence-electron chi connectivity index (χ0n) is 22.5. The number of esters is 1. The minimum Gasteiger partial charge on any atom is -0.493 e. The third kappa shape index (κ3) is 5.17. The topological polar surface area (TPSA) is 83.4 Å². The van der Waals surface area contributed by atoms with Gasteiger partial charge in [0.2, 0.25) is 0 Å². The van der Waals surface area contributed by atoms with Crippen molar-refractivity contribution in [1.82, 2.24) is 0 Å². The van der Waals surface area contributed by atoms with Crippen LogP contribution in [0.4, 0.5) is 0 Å². The lowest BCUT2D eigenvalue weighted by molar-refractivity contribution is -0.143. The van der Waals surface area contributed by atoms with E-state index in [9.17, 15) is 9.59 Å². The van der Waals surface area contributed by atoms with Crippen molar-refractivity contribution in [2.24, 2.45) is 10.9 Å². The fourth-order valence-corrected chi connectivity index (χ4v) is 5.59. The molecule has 0 radical (unpaired) electrons. The van der Waals surface area contributed by atoms with Crippen LogP contribution < -0.4 is 14.2 Å². The van der Waals surface area contributed by atoms with E-state index < -0.39 is 17.8 Å². The molecule has 1 unspecified atom stereocenters. The lowest BCUT2D eigenvalue weighted by Crippen LogP contribution is -2.37. The molecular weight excluding hydrogens is 494 g/mol. The summed E-state index contributed by atoms with van der Waals surface area (Å²) in [7, 11) is 4.55. The average Bonchev–Trinajstić information content (AvgIpc) is 2.96. The molecular formula is C32H31NO6. The van der Waals surface area contributed by atoms with Crippen LogP contribution in [-0.4, -0.2) is 38.8 Å². The fraction of sp³-hybridized carbons (Fsp3) is 0.281. The molecule has 2 aliphatic rings. The number of rotatable bonds is 7. The summed E-state index contributed by atoms with van der Waals surface area (Å²) in [5.74, 6) is 0.819. The Labute approximate surface area is 228 Å². The molecule has 7 heteroatoms. The lowest BCUT2D eigenvalue weighted by Gasteiger charge is -2.36. The van der Waals surface area contributed by atoms with E-state index in [-0.39, 0.29) is 11.7 Å². The van der Waals surface area contributed by atoms with Crippen LogP contribution in [0.2, 0.25) is 0 Å². The van der Waals surface area contributed by atoms with Gasteiger partial charge in [-0.3, -0.25) is 14.6 Å². The molecule has 39 heavy (non-hydrogen) atoms. The molecule has 3 aromatic carbocycles. The van der Waals surface area contributed by atoms with Gasteiger partial charge in [-0.15, -0.1) is 0 Å². The van der Waals surface area contributed by atoms with Crippen LogP contribution in [0.25, 0.3) is 0 Å². The van der Waals surface area contributed by atoms with Crippen LogP contribution in [0, 0.1) is 5.92 Å². The van der Waals surface area contributed by atoms with Gasteiger partial charge in [0.05, 0.1) is 21.3 Å². The first kappa shape index (κ1) is 26.2. The zero-order valence-corrected chi connectivity index (χ0v) is 22.5. The van der Waals surface area contributed by atoms with E-state index in [1.54, 1.807) is 14.2 Å². The van der Waals surface area contributed by atoms with E-state index >= 15 is 0 Å². The van der Waals surface area contributed by atoms with Gasteiger partial charge in [0.15, 0.2) is 17.3 Å². The Morgan fingerprint density at radius 1 is 0.821 bits per heavy atom. The highest BCUT2D eigenvalue weighted by atomic mass is 16.5. The number of Topliss-reactive ketones (excluding diaryl/α,β-unsaturated/α-hetero) is 1. The Kier molecular flexibility index (Phi) is 7.50. The Balaban J connectivity index is 1.55. The van der Waals surface area contributed by atoms with Crippen LogP contribution in [0.1, 0.15) is 42.7 Å². The summed E-state index contributed by atoms with van der Waals surface area (Å²) in [6, 6.07) is 22.8. The quantitative estimate of drug-likeness (QED) is 0.340. The number of methoxy groups -OCH3 is 3. The van der Waals surface area contributed by atoms with Crippen molar-refractivity contribution < 1.29 is 28.5 Å². The smallest absolute Gasteiger partial charge is 0.315 e. The number of hydrogen-bond donors (Lipinski definition) is 0. The summed E-state index contributed by atoms with van der Waals surface area (Å²) >= 11 is 0. The van der Waals surface area contributed by atoms with Crippen molar-refractivity contribution in [1.29, 1.82) is 0 Å². The molecule has 0 bridgehead atoms. The molecule has 0 aromatic heterocycles. The Hall–Kier alpha value is -4.39. The number of allylic oxidation sites excluding steroid dienone is 2. The third-order valence-electron chi connectivity index (χ3n) is 7.42. The van der Waals surface area contributed by atoms with Gasteiger partial charge in [0.25, 0.3) is 0 Å². The average molecular weight is 526 g/mol. The minimum atomic E-state index is -0.706. The molecule has 1 aliphatic heterocycles. The van der Waals surface area contributed by atoms with E-state index in [0.717, 1.165) is 11.1 Å². The van der Waals surface area contributed by atoms with Gasteiger partial charge in [-0.05, 0) is 66.8 Å². The predicted molar refractivity (Wildman–Crippen MR) is 148 cm³/mol. The number of carbonyl (C=O) groups excluding carboxylic acids is 2. The Morgan fingerprint density at radius 2 is 1.56 bits per heavy atom. The number of para-hydroxylation sites is 1. The monoisotopic (exact) mass is 525 g/mol. The second-order valence-electron chi connectivity index (χ2n) is 9.72. The van der Waals surface area contributed by atoms with Crippen molar-refractivity contribution in [3.05, 3.63) is 95.2 Å². The standard InChI is InChI=1S/C32H31NO6/c1-19-29(32(35)38-4)30(21-9-8-12-24(15-21)39-23-10-6-5-7-11-23)31-25(33-19)16-22(17-26(31)34)20-13-14-27(36-2)28(18-20)37-3/h5-15,18,22,29-30H,16-17H2,1-4H3/t22-,29?,30+/m1/s1. The molecule has 0 spiro atoms. The lowest BCUT2D eigenvalue weighted by atomic mass is 9.69. The molecule has 5 rings (SSSR count). The summed E-state index contributed by atoms with van der Waals surface area (Å²) in [6.07, 6.45) is 0.867. The van der Waals surface area contributed by atoms with Gasteiger partial charge in [0, 0.05) is 29.3 Å². The second-order valence-corrected chi connectivity index (χ2v) is 9.72. The van der Waals surface area contributed by atoms with Gasteiger partial charge in [-0.25, -0.2) is 0 Å². The fourth-order valence-electron chi connectivity index (χ4n) is 5.59. The Bertz CT molecular complexity index is 1460. The first-order valence-corrected chi connectivity index (χ1v) is 12.9. The SMILES string of the molecule is COC(=O)C1C(C)=NC2=C(C(=O)C[C@H](c3ccc(OC)c(OC)c3)C2)[C@H]1c1cccc(Oc2ccccc2)c1. The van der Waals surface area contributed by atoms with Crippen molar-refractivity contribution in [2.45, 2.75) is 31.6 Å². The van der Waals surface area contributed by atoms with E-state index in [1.165, 1.54) is 7.11 Å². The molecule has 0 N–H and O–H groups in total. The van der Waals surface area contributed by atoms with E-state index in [0.29, 0.717) is 52.8 Å². The minimum absolute atomic E-state index is 0.0273. The number of carbonyl (C=O) groups is 2. The normalized spacial score (nSPS) is 20.6. The zero-order chi connectivity index (χ0) is 27.5. The number of ether oxygens (including phenoxy) is 4. The van der Waals surface area contributed by atoms with Gasteiger partial charge in [-0.1, -0.05) is 36.4 Å². The molecule has 0 saturated heterocycles. The first-order valence-electron chi connectivity index (χ1n) is 12.9. The van der Waals surface area contributed by atoms with Crippen LogP contribution in [0.15, 0.2) is 89.1 Å². The number of ketones is 1. The highest BCUT2D eigenvalue weighted by Crippen LogP contribution is 2.48. The van der Waals surface area contributed by atoms with Crippen molar-refractivity contribution >= 4 is 17.5 Å². The summed E-state index contributed by atoms with van der Waals surface area (Å²) in [4.78, 5) is 31.7. The van der Waals surface area contributed by atoms with Crippen LogP contribution in [0.3, 0.4) is 0 Å². The van der Waals surface area contributed by atoms with Crippen molar-refractivity contribution in [3.63, 3.8) is 0 Å². The number of hydrogen-bond acceptors (Lipinski definition) is 7. The summed E-state index contributed by atoms with van der Waals surface area (Å²) in [5.41, 5.74) is 3.69. The predicted octanol–water partition coefficient (Wildman–Crippen LogP) is 6.24. The molecule has 3 atom stereocenters. The second kappa shape index (κ2) is 11.2. The third-order valence-corrected chi connectivity index (χ3v) is 7.42. The van der Waals surface area contributed by atoms with E-state index in [2.05, 4.69) is 0 Å². The van der Waals surface area contributed by atoms with Gasteiger partial charge in [-0.2, -0.15) is 0 Å². The highest BCUT2D eigenvalue weighted by Gasteiger charge is 2.44. The molecule has 1 heterocycles. The first-order chi connectivity index (χ1) is 18.9. The molecule has 3 aromatic rings. The molecule has 0 saturated carbocycles. The van der Waals surface area contributed by atoms with Gasteiger partial charge < -0.3 is 18.9 Å². The highest BCUT2D eigenvalue weighted by molar-refractivity contribution is 6.09. The summed E-state index contributed by atoms with van der Waals surface area (Å²) < 4.78 is 22.1. The van der Waals surface area contributed by atoms with Crippen molar-refractivity contribution in [2.75, 3.05) is 21.3 Å². The summed E-state index contributed by atoms with van der Waals surface area (Å²) in [6.45, 7) is 1.83. The van der Waals surface area contributed by atoms with Crippen LogP contribution in [-0.2, 0) is 14.3 Å². The molecule has 7 nitrogen and oxygen atoms in total. The van der Waals surface area contributed by atoms with E-state index in [1.807, 2.05) is 79.7 Å². The maximum Gasteiger partial charge on any atom is 0.315 e. The maximum atomic E-state index is 13.8. The number of benzene rings is 3. The molecule has 1 aliphatic carbocycles. The summed E-state index contributed by atoms with van der Waals surface area (Å²) in [5, 5.41) is 0. The number of aliphatic imine (C=N–C) groups is 1.